The molecule has 0 aliphatic rings. The summed E-state index contributed by atoms with van der Waals surface area (Å²) >= 11 is 0. The average molecular weight is 648 g/mol. The Morgan fingerprint density at radius 3 is 1.65 bits per heavy atom. The number of nitrogens with two attached hydrogens (primary N) is 1. The molecule has 1 unspecified atom stereocenters. The predicted molar refractivity (Wildman–Crippen MR) is 137 cm³/mol. The van der Waals surface area contributed by atoms with Crippen molar-refractivity contribution in [3.63, 3.8) is 0 Å². The van der Waals surface area contributed by atoms with E-state index in [0.717, 1.165) is 19.3 Å². The molecule has 0 saturated heterocycles. The van der Waals surface area contributed by atoms with Gasteiger partial charge in [0, 0.05) is 6.61 Å². The average Bonchev–Trinajstić information content (AvgIpc) is 2.83. The zero-order chi connectivity index (χ0) is 29.8. The smallest absolute Gasteiger partial charge is 1.00 e. The number of aliphatic hydroxyl groups excluding tert-OH is 5. The van der Waals surface area contributed by atoms with E-state index in [4.69, 9.17) is 34.8 Å². The molecule has 234 valence electrons. The molecule has 0 saturated carbocycles. The molecule has 0 aliphatic heterocycles. The summed E-state index contributed by atoms with van der Waals surface area (Å²) in [4.78, 5) is 10.3. The van der Waals surface area contributed by atoms with Crippen LogP contribution in [0.4, 0.5) is 0 Å². The number of hydrogen-bond donors (Lipinski definition) is 7. The monoisotopic (exact) mass is 647 g/mol. The van der Waals surface area contributed by atoms with Crippen molar-refractivity contribution in [1.82, 2.24) is 0 Å². The van der Waals surface area contributed by atoms with Gasteiger partial charge in [0.05, 0.1) is 6.61 Å². The van der Waals surface area contributed by atoms with E-state index in [2.05, 4.69) is 20.5 Å². The summed E-state index contributed by atoms with van der Waals surface area (Å²) in [5.41, 5.74) is 4.61. The van der Waals surface area contributed by atoms with Crippen molar-refractivity contribution in [2.45, 2.75) is 115 Å². The maximum atomic E-state index is 11.3. The summed E-state index contributed by atoms with van der Waals surface area (Å²) in [6.07, 6.45) is 3.37. The van der Waals surface area contributed by atoms with E-state index in [1.54, 1.807) is 6.92 Å². The summed E-state index contributed by atoms with van der Waals surface area (Å²) in [5.74, 6) is -1.23. The van der Waals surface area contributed by atoms with Crippen LogP contribution in [0.5, 0.6) is 0 Å². The number of carbonyl (C=O) groups excluding carboxylic acids is 1. The molecule has 1 amide bonds. The second kappa shape index (κ2) is 27.6. The normalized spacial score (nSPS) is 15.3. The standard InChI is InChI=1S/C15H32O8S2.C6H13NO6.2Na.2H/c1-3-5-6-7-8-9-10-11-12-13-14-21-15(4-2)22-25(19,20)23-24(16,17)18;7-6(13)5(12)4(11)3(10)2(9)1-8;;;;/h15H,3-14H2,1-2H3,(H,16,17,18);2-5,8-12H,1H2,(H2,7,13);;;;/q;;2*+1;2*-1/t;2-,3-,4+,5-;;;;/m.1..../s1. The quantitative estimate of drug-likeness (QED) is 0.0250. The van der Waals surface area contributed by atoms with Crippen molar-refractivity contribution in [1.29, 1.82) is 0 Å². The summed E-state index contributed by atoms with van der Waals surface area (Å²) in [5, 5.41) is 44.0. The van der Waals surface area contributed by atoms with Gasteiger partial charge in [0.1, 0.15) is 18.3 Å². The molecular formula is C21H47NNa2O14S2. The van der Waals surface area contributed by atoms with Crippen molar-refractivity contribution in [3.05, 3.63) is 0 Å². The molecule has 0 aliphatic carbocycles. The van der Waals surface area contributed by atoms with Crippen LogP contribution in [0.2, 0.25) is 0 Å². The van der Waals surface area contributed by atoms with Crippen molar-refractivity contribution in [2.24, 2.45) is 5.73 Å². The van der Waals surface area contributed by atoms with Gasteiger partial charge >= 0.3 is 79.9 Å². The van der Waals surface area contributed by atoms with E-state index in [-0.39, 0.29) is 68.4 Å². The molecule has 0 radical (unpaired) electrons. The number of carbonyl (C=O) groups is 1. The third-order valence-electron chi connectivity index (χ3n) is 5.08. The summed E-state index contributed by atoms with van der Waals surface area (Å²) < 4.78 is 64.9. The third-order valence-corrected chi connectivity index (χ3v) is 6.88. The van der Waals surface area contributed by atoms with Crippen molar-refractivity contribution < 1.29 is 126 Å². The number of ether oxygens (including phenoxy) is 1. The van der Waals surface area contributed by atoms with Crippen LogP contribution in [0.25, 0.3) is 0 Å². The Morgan fingerprint density at radius 1 is 0.825 bits per heavy atom. The minimum atomic E-state index is -5.15. The van der Waals surface area contributed by atoms with Gasteiger partial charge in [-0.05, 0) is 12.8 Å². The first kappa shape index (κ1) is 47.9. The molecule has 19 heteroatoms. The van der Waals surface area contributed by atoms with Gasteiger partial charge in [-0.25, -0.2) is 4.18 Å². The first-order chi connectivity index (χ1) is 17.6. The number of primary amides is 1. The molecule has 0 rings (SSSR count). The Hall–Kier alpha value is 1.01. The summed E-state index contributed by atoms with van der Waals surface area (Å²) in [6, 6.07) is 0. The third kappa shape index (κ3) is 27.8. The fourth-order valence-corrected chi connectivity index (χ4v) is 4.39. The summed E-state index contributed by atoms with van der Waals surface area (Å²) in [6.45, 7) is 3.32. The minimum Gasteiger partial charge on any atom is -1.00 e. The second-order valence-corrected chi connectivity index (χ2v) is 10.9. The van der Waals surface area contributed by atoms with E-state index < -0.39 is 64.0 Å². The van der Waals surface area contributed by atoms with Gasteiger partial charge in [0.15, 0.2) is 12.4 Å². The van der Waals surface area contributed by atoms with Gasteiger partial charge in [-0.2, -0.15) is 16.8 Å². The molecule has 40 heavy (non-hydrogen) atoms. The first-order valence-corrected chi connectivity index (χ1v) is 15.2. The second-order valence-electron chi connectivity index (χ2n) is 8.47. The van der Waals surface area contributed by atoms with Crippen LogP contribution in [0, 0.1) is 0 Å². The Bertz CT molecular complexity index is 832. The van der Waals surface area contributed by atoms with Gasteiger partial charge in [0.25, 0.3) is 0 Å². The maximum Gasteiger partial charge on any atom is 1.00 e. The molecule has 5 atom stereocenters. The topological polar surface area (TPSA) is 260 Å². The molecule has 0 aromatic heterocycles. The molecule has 0 spiro atoms. The van der Waals surface area contributed by atoms with Crippen LogP contribution < -0.4 is 64.8 Å². The van der Waals surface area contributed by atoms with E-state index >= 15 is 0 Å². The van der Waals surface area contributed by atoms with E-state index in [0.29, 0.717) is 6.61 Å². The molecule has 0 heterocycles. The van der Waals surface area contributed by atoms with Gasteiger partial charge < -0.3 is 38.9 Å². The predicted octanol–water partition coefficient (Wildman–Crippen LogP) is -6.12. The molecule has 0 bridgehead atoms. The Kier molecular flexibility index (Phi) is 33.0. The Morgan fingerprint density at radius 2 is 1.27 bits per heavy atom. The molecule has 8 N–H and O–H groups in total. The van der Waals surface area contributed by atoms with Crippen LogP contribution >= 0.6 is 0 Å². The Balaban J connectivity index is -0.000000164. The molecule has 0 aromatic carbocycles. The number of aliphatic hydroxyl groups is 5. The van der Waals surface area contributed by atoms with Gasteiger partial charge in [-0.15, -0.1) is 3.63 Å². The van der Waals surface area contributed by atoms with Crippen molar-refractivity contribution in [2.75, 3.05) is 13.2 Å². The Labute approximate surface area is 285 Å². The van der Waals surface area contributed by atoms with Gasteiger partial charge in [-0.1, -0.05) is 71.6 Å². The first-order valence-electron chi connectivity index (χ1n) is 12.5. The zero-order valence-electron chi connectivity index (χ0n) is 25.9. The number of amides is 1. The largest absolute Gasteiger partial charge is 1.00 e. The maximum absolute atomic E-state index is 11.3. The molecule has 15 nitrogen and oxygen atoms in total. The fourth-order valence-electron chi connectivity index (χ4n) is 2.96. The minimum absolute atomic E-state index is 0. The number of hydrogen-bond acceptors (Lipinski definition) is 13. The number of unbranched alkanes of at least 4 members (excludes halogenated alkanes) is 9. The zero-order valence-corrected chi connectivity index (χ0v) is 29.6. The van der Waals surface area contributed by atoms with Crippen LogP contribution in [0.15, 0.2) is 0 Å². The van der Waals surface area contributed by atoms with E-state index in [9.17, 15) is 21.6 Å². The van der Waals surface area contributed by atoms with Crippen LogP contribution in [0.3, 0.4) is 0 Å². The molecular weight excluding hydrogens is 600 g/mol. The van der Waals surface area contributed by atoms with Gasteiger partial charge in [0.2, 0.25) is 5.91 Å². The van der Waals surface area contributed by atoms with Gasteiger partial charge in [-0.3, -0.25) is 9.35 Å². The van der Waals surface area contributed by atoms with E-state index in [1.165, 1.54) is 44.9 Å². The SMILES string of the molecule is CCCCCCCCCCCCOC(CC)OS(=O)(=O)OS(=O)(=O)O.NC(=O)[C@H](O)[C@@H](O)[C@H](O)[C@H](O)CO.[H-].[H-].[Na+].[Na+]. The number of rotatable bonds is 22. The van der Waals surface area contributed by atoms with Crippen molar-refractivity contribution >= 4 is 26.7 Å². The van der Waals surface area contributed by atoms with Crippen LogP contribution in [-0.4, -0.2) is 96.7 Å². The van der Waals surface area contributed by atoms with Crippen LogP contribution in [0.1, 0.15) is 87.3 Å². The molecule has 0 fully saturated rings. The van der Waals surface area contributed by atoms with Crippen LogP contribution in [-0.2, 0) is 38.1 Å². The fraction of sp³-hybridized carbons (Fsp3) is 0.952. The van der Waals surface area contributed by atoms with E-state index in [1.807, 2.05) is 0 Å². The molecule has 0 aromatic rings. The summed E-state index contributed by atoms with van der Waals surface area (Å²) in [7, 11) is -10.0. The van der Waals surface area contributed by atoms with Crippen molar-refractivity contribution in [3.8, 4) is 0 Å².